The molecule has 1 aromatic heterocycles. The Kier molecular flexibility index (Phi) is 5.80. The molecule has 0 saturated carbocycles. The highest BCUT2D eigenvalue weighted by Crippen LogP contribution is 2.35. The van der Waals surface area contributed by atoms with Gasteiger partial charge in [0.1, 0.15) is 18.2 Å². The van der Waals surface area contributed by atoms with Gasteiger partial charge in [-0.1, -0.05) is 5.21 Å². The third kappa shape index (κ3) is 4.35. The molecule has 2 aliphatic rings. The molecule has 10 nitrogen and oxygen atoms in total. The van der Waals surface area contributed by atoms with Crippen molar-refractivity contribution in [3.05, 3.63) is 41.7 Å². The first-order valence-corrected chi connectivity index (χ1v) is 9.78. The van der Waals surface area contributed by atoms with Crippen molar-refractivity contribution < 1.29 is 23.8 Å². The lowest BCUT2D eigenvalue weighted by Gasteiger charge is -2.17. The van der Waals surface area contributed by atoms with Gasteiger partial charge in [0.05, 0.1) is 25.1 Å². The maximum atomic E-state index is 12.3. The van der Waals surface area contributed by atoms with E-state index in [9.17, 15) is 9.59 Å². The van der Waals surface area contributed by atoms with Crippen LogP contribution in [-0.4, -0.2) is 77.4 Å². The molecule has 2 saturated heterocycles. The molecule has 0 spiro atoms. The van der Waals surface area contributed by atoms with Crippen LogP contribution in [0.1, 0.15) is 29.0 Å². The number of ketones is 1. The van der Waals surface area contributed by atoms with Crippen molar-refractivity contribution in [2.45, 2.75) is 37.8 Å². The van der Waals surface area contributed by atoms with Crippen molar-refractivity contribution in [1.29, 1.82) is 0 Å². The molecule has 0 radical (unpaired) electrons. The molecule has 1 amide bonds. The van der Waals surface area contributed by atoms with Crippen LogP contribution in [0.5, 0.6) is 0 Å². The highest BCUT2D eigenvalue weighted by Gasteiger charge is 2.50. The second-order valence-electron chi connectivity index (χ2n) is 7.79. The number of carbonyl (C=O) groups excluding carboxylic acids is 2. The lowest BCUT2D eigenvalue weighted by atomic mass is 10.1. The highest BCUT2D eigenvalue weighted by atomic mass is 16.6. The molecule has 1 aromatic carbocycles. The molecule has 4 atom stereocenters. The van der Waals surface area contributed by atoms with Crippen LogP contribution in [0.3, 0.4) is 0 Å². The first-order chi connectivity index (χ1) is 14.4. The number of carbonyl (C=O) groups is 2. The van der Waals surface area contributed by atoms with E-state index in [2.05, 4.69) is 15.6 Å². The normalized spacial score (nSPS) is 25.3. The number of hydrogen-bond acceptors (Lipinski definition) is 8. The second kappa shape index (κ2) is 8.50. The maximum Gasteiger partial charge on any atom is 0.412 e. The van der Waals surface area contributed by atoms with Crippen LogP contribution in [-0.2, 0) is 20.8 Å². The quantitative estimate of drug-likeness (QED) is 0.707. The summed E-state index contributed by atoms with van der Waals surface area (Å²) in [6.07, 6.45) is 0.168. The Morgan fingerprint density at radius 3 is 2.63 bits per heavy atom. The number of benzene rings is 1. The summed E-state index contributed by atoms with van der Waals surface area (Å²) in [6.45, 7) is 2.85. The van der Waals surface area contributed by atoms with Gasteiger partial charge < -0.3 is 19.1 Å². The van der Waals surface area contributed by atoms with E-state index in [-0.39, 0.29) is 30.6 Å². The first kappa shape index (κ1) is 20.5. The van der Waals surface area contributed by atoms with E-state index in [1.54, 1.807) is 28.9 Å². The zero-order chi connectivity index (χ0) is 21.3. The van der Waals surface area contributed by atoms with Gasteiger partial charge in [0, 0.05) is 17.8 Å². The van der Waals surface area contributed by atoms with Crippen LogP contribution < -0.4 is 5.32 Å². The van der Waals surface area contributed by atoms with Gasteiger partial charge in [-0.25, -0.2) is 9.48 Å². The van der Waals surface area contributed by atoms with Gasteiger partial charge in [0.2, 0.25) is 0 Å². The summed E-state index contributed by atoms with van der Waals surface area (Å²) in [4.78, 5) is 25.6. The van der Waals surface area contributed by atoms with E-state index >= 15 is 0 Å². The predicted octanol–water partition coefficient (Wildman–Crippen LogP) is 1.50. The van der Waals surface area contributed by atoms with Crippen molar-refractivity contribution in [3.8, 4) is 0 Å². The van der Waals surface area contributed by atoms with Crippen LogP contribution in [0.4, 0.5) is 10.5 Å². The Morgan fingerprint density at radius 1 is 1.20 bits per heavy atom. The van der Waals surface area contributed by atoms with Gasteiger partial charge in [-0.05, 0) is 45.3 Å². The molecule has 160 valence electrons. The molecule has 1 N–H and O–H groups in total. The van der Waals surface area contributed by atoms with Crippen molar-refractivity contribution in [3.63, 3.8) is 0 Å². The average molecular weight is 415 g/mol. The Morgan fingerprint density at radius 2 is 1.93 bits per heavy atom. The van der Waals surface area contributed by atoms with Crippen molar-refractivity contribution in [1.82, 2.24) is 19.9 Å². The van der Waals surface area contributed by atoms with Crippen LogP contribution in [0, 0.1) is 0 Å². The largest absolute Gasteiger partial charge is 0.441 e. The van der Waals surface area contributed by atoms with Crippen LogP contribution in [0.25, 0.3) is 0 Å². The minimum absolute atomic E-state index is 0.0348. The van der Waals surface area contributed by atoms with Gasteiger partial charge in [-0.15, -0.1) is 5.10 Å². The molecular weight excluding hydrogens is 390 g/mol. The Labute approximate surface area is 174 Å². The summed E-state index contributed by atoms with van der Waals surface area (Å²) in [5.41, 5.74) is 1.99. The molecule has 10 heteroatoms. The monoisotopic (exact) mass is 415 g/mol. The number of Topliss-reactive ketones (excluding diaryl/α,β-unsaturated/α-hetero) is 1. The standard InChI is InChI=1S/C20H25N5O5/c1-12(26)13-4-6-14(7-5-13)21-20(27)30-17-11-29-18-16(10-28-19(17)18)25-9-15(22-23-25)8-24(2)3/h4-7,9,16-19H,8,10-11H2,1-3H3,(H,21,27)/t16-,17-,18-,19+/m0/s1. The molecule has 4 rings (SSSR count). The average Bonchev–Trinajstić information content (AvgIpc) is 3.39. The molecule has 2 fully saturated rings. The van der Waals surface area contributed by atoms with Gasteiger partial charge >= 0.3 is 6.09 Å². The second-order valence-corrected chi connectivity index (χ2v) is 7.79. The fraction of sp³-hybridized carbons (Fsp3) is 0.500. The summed E-state index contributed by atoms with van der Waals surface area (Å²) in [6, 6.07) is 6.50. The van der Waals surface area contributed by atoms with E-state index in [0.29, 0.717) is 24.4 Å². The first-order valence-electron chi connectivity index (χ1n) is 9.78. The number of hydrogen-bond donors (Lipinski definition) is 1. The van der Waals surface area contributed by atoms with Gasteiger partial charge in [0.15, 0.2) is 11.9 Å². The number of aromatic nitrogens is 3. The predicted molar refractivity (Wildman–Crippen MR) is 106 cm³/mol. The molecule has 0 aliphatic carbocycles. The lowest BCUT2D eigenvalue weighted by molar-refractivity contribution is 0.00770. The van der Waals surface area contributed by atoms with E-state index in [1.165, 1.54) is 6.92 Å². The van der Waals surface area contributed by atoms with Crippen molar-refractivity contribution >= 4 is 17.6 Å². The number of amides is 1. The zero-order valence-electron chi connectivity index (χ0n) is 17.1. The van der Waals surface area contributed by atoms with E-state index < -0.39 is 12.2 Å². The van der Waals surface area contributed by atoms with Gasteiger partial charge in [-0.3, -0.25) is 10.1 Å². The number of nitrogens with zero attached hydrogens (tertiary/aromatic N) is 4. The zero-order valence-corrected chi connectivity index (χ0v) is 17.1. The summed E-state index contributed by atoms with van der Waals surface area (Å²) in [7, 11) is 3.94. The van der Waals surface area contributed by atoms with Gasteiger partial charge in [-0.2, -0.15) is 0 Å². The summed E-state index contributed by atoms with van der Waals surface area (Å²) in [5, 5.41) is 11.1. The van der Waals surface area contributed by atoms with Crippen LogP contribution in [0.15, 0.2) is 30.5 Å². The Bertz CT molecular complexity index is 913. The van der Waals surface area contributed by atoms with Crippen molar-refractivity contribution in [2.75, 3.05) is 32.6 Å². The molecule has 0 bridgehead atoms. The smallest absolute Gasteiger partial charge is 0.412 e. The maximum absolute atomic E-state index is 12.3. The van der Waals surface area contributed by atoms with Crippen molar-refractivity contribution in [2.24, 2.45) is 0 Å². The van der Waals surface area contributed by atoms with E-state index in [4.69, 9.17) is 14.2 Å². The van der Waals surface area contributed by atoms with E-state index in [1.807, 2.05) is 25.2 Å². The molecule has 2 aliphatic heterocycles. The lowest BCUT2D eigenvalue weighted by Crippen LogP contribution is -2.34. The molecule has 0 unspecified atom stereocenters. The molecule has 3 heterocycles. The Hall–Kier alpha value is -2.82. The summed E-state index contributed by atoms with van der Waals surface area (Å²) >= 11 is 0. The number of anilines is 1. The number of ether oxygens (including phenoxy) is 3. The number of rotatable bonds is 6. The van der Waals surface area contributed by atoms with E-state index in [0.717, 1.165) is 5.69 Å². The third-order valence-corrected chi connectivity index (χ3v) is 5.15. The van der Waals surface area contributed by atoms with Crippen LogP contribution in [0.2, 0.25) is 0 Å². The fourth-order valence-corrected chi connectivity index (χ4v) is 3.72. The summed E-state index contributed by atoms with van der Waals surface area (Å²) < 4.78 is 19.0. The number of fused-ring (bicyclic) bond motifs is 1. The van der Waals surface area contributed by atoms with Crippen LogP contribution >= 0.6 is 0 Å². The Balaban J connectivity index is 1.33. The minimum atomic E-state index is -0.596. The molecule has 30 heavy (non-hydrogen) atoms. The number of nitrogens with one attached hydrogen (secondary N) is 1. The molecular formula is C20H25N5O5. The summed E-state index contributed by atoms with van der Waals surface area (Å²) in [5.74, 6) is -0.0348. The SMILES string of the molecule is CC(=O)c1ccc(NC(=O)O[C@H]2CO[C@@H]3[C@@H]2OC[C@@H]3n2cc(CN(C)C)nn2)cc1. The molecule has 2 aromatic rings. The van der Waals surface area contributed by atoms with Gasteiger partial charge in [0.25, 0.3) is 0 Å². The topological polar surface area (TPSA) is 108 Å². The fourth-order valence-electron chi connectivity index (χ4n) is 3.72. The third-order valence-electron chi connectivity index (χ3n) is 5.15. The highest BCUT2D eigenvalue weighted by molar-refractivity contribution is 5.94. The minimum Gasteiger partial charge on any atom is -0.441 e.